The second-order valence-corrected chi connectivity index (χ2v) is 7.14. The van der Waals surface area contributed by atoms with Gasteiger partial charge in [-0.05, 0) is 38.4 Å². The zero-order chi connectivity index (χ0) is 20.1. The van der Waals surface area contributed by atoms with Crippen molar-refractivity contribution in [3.63, 3.8) is 0 Å². The minimum atomic E-state index is -1.01. The van der Waals surface area contributed by atoms with Crippen LogP contribution in [0, 0.1) is 0 Å². The van der Waals surface area contributed by atoms with Gasteiger partial charge >= 0.3 is 5.97 Å². The number of halogens is 1. The molecule has 1 aromatic heterocycles. The van der Waals surface area contributed by atoms with Crippen molar-refractivity contribution in [1.29, 1.82) is 0 Å². The number of carboxylic acid groups (broad SMARTS) is 1. The van der Waals surface area contributed by atoms with Crippen molar-refractivity contribution in [2.24, 2.45) is 0 Å². The van der Waals surface area contributed by atoms with Crippen molar-refractivity contribution in [2.45, 2.75) is 6.17 Å². The van der Waals surface area contributed by atoms with E-state index in [2.05, 4.69) is 20.6 Å². The summed E-state index contributed by atoms with van der Waals surface area (Å²) in [4.78, 5) is 17.6. The number of hydrogen-bond donors (Lipinski definition) is 3. The van der Waals surface area contributed by atoms with Gasteiger partial charge in [-0.2, -0.15) is 0 Å². The highest BCUT2D eigenvalue weighted by molar-refractivity contribution is 6.30. The molecule has 1 atom stereocenters. The van der Waals surface area contributed by atoms with E-state index in [4.69, 9.17) is 16.3 Å². The summed E-state index contributed by atoms with van der Waals surface area (Å²) in [5.74, 6) is -1.01. The van der Waals surface area contributed by atoms with Crippen LogP contribution in [0.25, 0.3) is 0 Å². The van der Waals surface area contributed by atoms with Crippen molar-refractivity contribution < 1.29 is 14.6 Å². The summed E-state index contributed by atoms with van der Waals surface area (Å²) >= 11 is 6.19. The first-order valence-corrected chi connectivity index (χ1v) is 9.33. The number of pyridine rings is 1. The quantitative estimate of drug-likeness (QED) is 0.548. The molecule has 3 N–H and O–H groups in total. The first-order chi connectivity index (χ1) is 13.5. The highest BCUT2D eigenvalue weighted by Gasteiger charge is 2.29. The van der Waals surface area contributed by atoms with Gasteiger partial charge in [0.2, 0.25) is 0 Å². The third kappa shape index (κ3) is 4.90. The van der Waals surface area contributed by atoms with E-state index in [0.717, 1.165) is 17.8 Å². The lowest BCUT2D eigenvalue weighted by atomic mass is 10.1. The molecule has 8 nitrogen and oxygen atoms in total. The summed E-state index contributed by atoms with van der Waals surface area (Å²) in [6, 6.07) is 7.10. The summed E-state index contributed by atoms with van der Waals surface area (Å²) in [7, 11) is 4.01. The van der Waals surface area contributed by atoms with E-state index >= 15 is 0 Å². The molecule has 28 heavy (non-hydrogen) atoms. The smallest absolute Gasteiger partial charge is 0.337 e. The third-order valence-corrected chi connectivity index (χ3v) is 4.60. The van der Waals surface area contributed by atoms with Crippen molar-refractivity contribution in [3.05, 3.63) is 52.8 Å². The highest BCUT2D eigenvalue weighted by Crippen LogP contribution is 2.35. The lowest BCUT2D eigenvalue weighted by Gasteiger charge is -2.22. The number of fused-ring (bicyclic) bond motifs is 1. The number of hydrazine groups is 1. The van der Waals surface area contributed by atoms with E-state index in [-0.39, 0.29) is 11.7 Å². The number of nitrogens with zero attached hydrogens (tertiary/aromatic N) is 3. The third-order valence-electron chi connectivity index (χ3n) is 4.37. The van der Waals surface area contributed by atoms with Gasteiger partial charge in [0.05, 0.1) is 42.9 Å². The SMILES string of the molecule is CN(C)CCOCCN1NC(Nc2cnccc2C(=O)O)c2cc(Cl)ccc21. The van der Waals surface area contributed by atoms with E-state index in [0.29, 0.717) is 30.5 Å². The van der Waals surface area contributed by atoms with Crippen LogP contribution < -0.4 is 15.8 Å². The molecule has 0 radical (unpaired) electrons. The molecule has 0 bridgehead atoms. The average Bonchev–Trinajstić information content (AvgIpc) is 2.98. The number of likely N-dealkylation sites (N-methyl/N-ethyl adjacent to an activating group) is 1. The average molecular weight is 406 g/mol. The van der Waals surface area contributed by atoms with Gasteiger partial charge in [0.25, 0.3) is 0 Å². The number of carboxylic acids is 1. The van der Waals surface area contributed by atoms with Crippen LogP contribution in [-0.4, -0.2) is 61.4 Å². The van der Waals surface area contributed by atoms with E-state index in [1.807, 2.05) is 37.3 Å². The number of rotatable bonds is 9. The monoisotopic (exact) mass is 405 g/mol. The predicted octanol–water partition coefficient (Wildman–Crippen LogP) is 2.45. The zero-order valence-corrected chi connectivity index (χ0v) is 16.6. The Morgan fingerprint density at radius 3 is 2.96 bits per heavy atom. The maximum Gasteiger partial charge on any atom is 0.337 e. The molecule has 1 unspecified atom stereocenters. The van der Waals surface area contributed by atoms with Crippen LogP contribution in [-0.2, 0) is 4.74 Å². The Morgan fingerprint density at radius 1 is 1.39 bits per heavy atom. The van der Waals surface area contributed by atoms with Crippen LogP contribution >= 0.6 is 11.6 Å². The molecule has 150 valence electrons. The molecule has 0 spiro atoms. The normalized spacial score (nSPS) is 15.7. The molecule has 1 aromatic carbocycles. The van der Waals surface area contributed by atoms with E-state index in [1.165, 1.54) is 18.5 Å². The van der Waals surface area contributed by atoms with E-state index in [1.54, 1.807) is 0 Å². The first-order valence-electron chi connectivity index (χ1n) is 8.95. The van der Waals surface area contributed by atoms with Crippen LogP contribution in [0.5, 0.6) is 0 Å². The molecule has 3 rings (SSSR count). The molecule has 0 saturated carbocycles. The predicted molar refractivity (Wildman–Crippen MR) is 109 cm³/mol. The Kier molecular flexibility index (Phi) is 6.69. The van der Waals surface area contributed by atoms with E-state index in [9.17, 15) is 9.90 Å². The minimum Gasteiger partial charge on any atom is -0.478 e. The molecule has 0 saturated heterocycles. The number of anilines is 2. The topological polar surface area (TPSA) is 90.0 Å². The van der Waals surface area contributed by atoms with Crippen LogP contribution in [0.2, 0.25) is 5.02 Å². The van der Waals surface area contributed by atoms with Gasteiger partial charge in [0.15, 0.2) is 0 Å². The molecule has 2 aromatic rings. The van der Waals surface area contributed by atoms with Gasteiger partial charge in [0.1, 0.15) is 6.17 Å². The minimum absolute atomic E-state index is 0.158. The molecular formula is C19H24ClN5O3. The molecule has 0 amide bonds. The van der Waals surface area contributed by atoms with Crippen LogP contribution in [0.15, 0.2) is 36.7 Å². The number of carbonyl (C=O) groups is 1. The fraction of sp³-hybridized carbons (Fsp3) is 0.368. The zero-order valence-electron chi connectivity index (χ0n) is 15.9. The van der Waals surface area contributed by atoms with Gasteiger partial charge in [-0.3, -0.25) is 4.98 Å². The summed E-state index contributed by atoms with van der Waals surface area (Å²) in [5.41, 5.74) is 5.84. The lowest BCUT2D eigenvalue weighted by Crippen LogP contribution is -2.39. The Labute approximate surface area is 169 Å². The summed E-state index contributed by atoms with van der Waals surface area (Å²) < 4.78 is 5.69. The number of nitrogens with one attached hydrogen (secondary N) is 2. The van der Waals surface area contributed by atoms with Crippen molar-refractivity contribution in [1.82, 2.24) is 15.3 Å². The Morgan fingerprint density at radius 2 is 2.21 bits per heavy atom. The van der Waals surface area contributed by atoms with E-state index < -0.39 is 5.97 Å². The fourth-order valence-electron chi connectivity index (χ4n) is 2.95. The lowest BCUT2D eigenvalue weighted by molar-refractivity contribution is 0.0697. The molecular weight excluding hydrogens is 382 g/mol. The summed E-state index contributed by atoms with van der Waals surface area (Å²) in [6.07, 6.45) is 2.62. The molecule has 1 aliphatic rings. The molecule has 9 heteroatoms. The number of aromatic carboxylic acids is 1. The number of benzene rings is 1. The fourth-order valence-corrected chi connectivity index (χ4v) is 3.13. The van der Waals surface area contributed by atoms with Crippen LogP contribution in [0.4, 0.5) is 11.4 Å². The van der Waals surface area contributed by atoms with Crippen molar-refractivity contribution in [2.75, 3.05) is 50.7 Å². The Hall–Kier alpha value is -2.39. The van der Waals surface area contributed by atoms with Crippen molar-refractivity contribution >= 4 is 28.9 Å². The largest absolute Gasteiger partial charge is 0.478 e. The summed E-state index contributed by atoms with van der Waals surface area (Å²) in [5, 5.41) is 15.2. The number of ether oxygens (including phenoxy) is 1. The van der Waals surface area contributed by atoms with Gasteiger partial charge in [-0.1, -0.05) is 11.6 Å². The van der Waals surface area contributed by atoms with Gasteiger partial charge in [-0.15, -0.1) is 0 Å². The number of hydrogen-bond acceptors (Lipinski definition) is 7. The standard InChI is InChI=1S/C19H24ClN5O3/c1-24(2)7-9-28-10-8-25-17-4-3-13(20)11-15(17)18(23-25)22-16-12-21-6-5-14(16)19(26)27/h3-6,11-12,18,22-23H,7-10H2,1-2H3,(H,26,27). The molecule has 1 aliphatic heterocycles. The molecule has 0 fully saturated rings. The second-order valence-electron chi connectivity index (χ2n) is 6.70. The first kappa shape index (κ1) is 20.3. The van der Waals surface area contributed by atoms with Crippen LogP contribution in [0.3, 0.4) is 0 Å². The maximum atomic E-state index is 11.5. The van der Waals surface area contributed by atoms with Gasteiger partial charge in [0, 0.05) is 23.3 Å². The van der Waals surface area contributed by atoms with Gasteiger partial charge in [-0.25, -0.2) is 10.2 Å². The van der Waals surface area contributed by atoms with Crippen molar-refractivity contribution in [3.8, 4) is 0 Å². The second kappa shape index (κ2) is 9.20. The Balaban J connectivity index is 1.72. The number of aromatic nitrogens is 1. The highest BCUT2D eigenvalue weighted by atomic mass is 35.5. The van der Waals surface area contributed by atoms with Crippen LogP contribution in [0.1, 0.15) is 22.1 Å². The Bertz CT molecular complexity index is 833. The molecule has 2 heterocycles. The maximum absolute atomic E-state index is 11.5. The molecule has 0 aliphatic carbocycles. The van der Waals surface area contributed by atoms with Gasteiger partial charge < -0.3 is 25.1 Å². The summed E-state index contributed by atoms with van der Waals surface area (Å²) in [6.45, 7) is 2.72.